The molecule has 3 aromatic carbocycles. The minimum atomic E-state index is -3.80. The van der Waals surface area contributed by atoms with Gasteiger partial charge in [-0.15, -0.1) is 0 Å². The number of nitrogens with zero attached hydrogens (tertiary/aromatic N) is 2. The molecule has 43 heavy (non-hydrogen) atoms. The summed E-state index contributed by atoms with van der Waals surface area (Å²) in [5, 5.41) is 1.89. The molecule has 11 heteroatoms. The van der Waals surface area contributed by atoms with Gasteiger partial charge in [0.05, 0.1) is 6.61 Å². The van der Waals surface area contributed by atoms with E-state index in [-0.39, 0.29) is 25.3 Å². The average Bonchev–Trinajstić information content (AvgIpc) is 2.95. The number of hydrogen-bond acceptors (Lipinski definition) is 7. The van der Waals surface area contributed by atoms with Crippen molar-refractivity contribution in [2.45, 2.75) is 58.8 Å². The summed E-state index contributed by atoms with van der Waals surface area (Å²) in [6.07, 6.45) is 1.20. The predicted octanol–water partition coefficient (Wildman–Crippen LogP) is 5.61. The van der Waals surface area contributed by atoms with Crippen molar-refractivity contribution in [1.29, 1.82) is 0 Å². The summed E-state index contributed by atoms with van der Waals surface area (Å²) in [5.74, 6) is -0.759. The Labute approximate surface area is 252 Å². The molecular formula is C32H38N3O7S+. The lowest BCUT2D eigenvalue weighted by atomic mass is 10.0. The van der Waals surface area contributed by atoms with Crippen molar-refractivity contribution >= 4 is 38.5 Å². The number of ether oxygens (including phenoxy) is 3. The predicted molar refractivity (Wildman–Crippen MR) is 165 cm³/mol. The van der Waals surface area contributed by atoms with E-state index in [0.29, 0.717) is 13.1 Å². The van der Waals surface area contributed by atoms with Crippen LogP contribution in [0.4, 0.5) is 10.5 Å². The van der Waals surface area contributed by atoms with Gasteiger partial charge in [-0.25, -0.2) is 17.9 Å². The van der Waals surface area contributed by atoms with Gasteiger partial charge in [-0.2, -0.15) is 0 Å². The molecule has 228 valence electrons. The molecule has 0 saturated carbocycles. The molecule has 1 amide bonds. The summed E-state index contributed by atoms with van der Waals surface area (Å²) in [5.41, 5.74) is 1.73. The van der Waals surface area contributed by atoms with E-state index in [1.165, 1.54) is 0 Å². The molecule has 0 radical (unpaired) electrons. The third-order valence-corrected chi connectivity index (χ3v) is 7.76. The van der Waals surface area contributed by atoms with Gasteiger partial charge in [-0.05, 0) is 79.2 Å². The number of rotatable bonds is 8. The zero-order valence-electron chi connectivity index (χ0n) is 25.0. The Morgan fingerprint density at radius 2 is 1.70 bits per heavy atom. The van der Waals surface area contributed by atoms with Crippen LogP contribution in [0.1, 0.15) is 51.7 Å². The summed E-state index contributed by atoms with van der Waals surface area (Å²) >= 11 is 0. The number of sulfonamides is 1. The van der Waals surface area contributed by atoms with Gasteiger partial charge in [0, 0.05) is 44.6 Å². The van der Waals surface area contributed by atoms with Crippen LogP contribution in [0.5, 0.6) is 5.75 Å². The van der Waals surface area contributed by atoms with Crippen LogP contribution in [0, 0.1) is 6.07 Å². The monoisotopic (exact) mass is 608 g/mol. The molecule has 3 aromatic rings. The summed E-state index contributed by atoms with van der Waals surface area (Å²) < 4.78 is 43.1. The van der Waals surface area contributed by atoms with Crippen molar-refractivity contribution < 1.29 is 32.2 Å². The van der Waals surface area contributed by atoms with Gasteiger partial charge in [-0.3, -0.25) is 4.79 Å². The van der Waals surface area contributed by atoms with E-state index >= 15 is 0 Å². The second-order valence-corrected chi connectivity index (χ2v) is 13.1. The minimum absolute atomic E-state index is 0.0231. The van der Waals surface area contributed by atoms with Crippen LogP contribution in [0.25, 0.3) is 15.6 Å². The number of amides is 1. The van der Waals surface area contributed by atoms with Crippen LogP contribution in [0.2, 0.25) is 0 Å². The molecule has 4 rings (SSSR count). The molecule has 1 N–H and O–H groups in total. The largest absolute Gasteiger partial charge is 0.490 e. The maximum atomic E-state index is 12.3. The van der Waals surface area contributed by atoms with E-state index in [1.54, 1.807) is 11.8 Å². The number of likely N-dealkylation sites (tertiary alicyclic amines) is 1. The van der Waals surface area contributed by atoms with Crippen LogP contribution >= 0.6 is 0 Å². The molecule has 0 aromatic heterocycles. The maximum absolute atomic E-state index is 12.3. The fourth-order valence-electron chi connectivity index (χ4n) is 4.48. The van der Waals surface area contributed by atoms with E-state index < -0.39 is 27.3 Å². The maximum Gasteiger partial charge on any atom is 0.410 e. The van der Waals surface area contributed by atoms with Gasteiger partial charge >= 0.3 is 23.8 Å². The molecule has 1 aliphatic rings. The molecule has 0 atom stereocenters. The number of hydrogen-bond donors (Lipinski definition) is 1. The number of piperidine rings is 1. The van der Waals surface area contributed by atoms with E-state index in [1.807, 2.05) is 81.4 Å². The zero-order valence-corrected chi connectivity index (χ0v) is 25.8. The number of fused-ring (bicyclic) bond motifs is 1. The second-order valence-electron chi connectivity index (χ2n) is 11.3. The summed E-state index contributed by atoms with van der Waals surface area (Å²) in [6, 6.07) is 21.9. The first-order valence-corrected chi connectivity index (χ1v) is 15.9. The van der Waals surface area contributed by atoms with Crippen molar-refractivity contribution in [1.82, 2.24) is 9.62 Å². The van der Waals surface area contributed by atoms with Gasteiger partial charge in [0.25, 0.3) is 0 Å². The molecule has 0 aliphatic carbocycles. The van der Waals surface area contributed by atoms with Crippen molar-refractivity contribution in [2.75, 3.05) is 25.4 Å². The smallest absolute Gasteiger partial charge is 0.410 e. The average molecular weight is 609 g/mol. The lowest BCUT2D eigenvalue weighted by Crippen LogP contribution is -2.44. The molecule has 0 bridgehead atoms. The Morgan fingerprint density at radius 3 is 2.37 bits per heavy atom. The topological polar surface area (TPSA) is 116 Å². The Kier molecular flexibility index (Phi) is 10.3. The molecule has 1 fully saturated rings. The third-order valence-electron chi connectivity index (χ3n) is 6.56. The number of esters is 1. The standard InChI is InChI=1S/C32H38N3O7S/c1-5-40-30(36)22-43(38,39)34-21-24-7-9-25-8-6-23(18-26(25)19-24)20-33-27-10-12-28(13-11-27)41-29-14-16-35(17-15-29)31(37)42-32(2,3)4/h6-13,18-19,29,34H,5,14-17,21-22H2,1-4H3/q+1. The van der Waals surface area contributed by atoms with Crippen molar-refractivity contribution in [3.05, 3.63) is 76.6 Å². The first-order valence-electron chi connectivity index (χ1n) is 14.3. The van der Waals surface area contributed by atoms with Crippen LogP contribution in [-0.2, 0) is 30.8 Å². The van der Waals surface area contributed by atoms with Gasteiger partial charge < -0.3 is 19.1 Å². The highest BCUT2D eigenvalue weighted by molar-refractivity contribution is 7.90. The minimum Gasteiger partial charge on any atom is -0.490 e. The third kappa shape index (κ3) is 9.98. The van der Waals surface area contributed by atoms with Crippen LogP contribution in [0.3, 0.4) is 0 Å². The number of carbonyl (C=O) groups is 2. The van der Waals surface area contributed by atoms with Crippen molar-refractivity contribution in [3.63, 3.8) is 0 Å². The lowest BCUT2D eigenvalue weighted by molar-refractivity contribution is -0.139. The highest BCUT2D eigenvalue weighted by Gasteiger charge is 2.27. The Bertz CT molecular complexity index is 1610. The molecule has 10 nitrogen and oxygen atoms in total. The quantitative estimate of drug-likeness (QED) is 0.331. The number of nitrogens with one attached hydrogen (secondary N) is 1. The zero-order chi connectivity index (χ0) is 31.0. The van der Waals surface area contributed by atoms with Crippen LogP contribution in [0.15, 0.2) is 60.7 Å². The van der Waals surface area contributed by atoms with E-state index in [4.69, 9.17) is 14.2 Å². The van der Waals surface area contributed by atoms with E-state index in [2.05, 4.69) is 15.6 Å². The summed E-state index contributed by atoms with van der Waals surface area (Å²) in [4.78, 5) is 30.0. The van der Waals surface area contributed by atoms with Gasteiger partial charge in [0.2, 0.25) is 10.0 Å². The molecule has 1 heterocycles. The van der Waals surface area contributed by atoms with Crippen molar-refractivity contribution in [3.8, 4) is 11.8 Å². The number of benzene rings is 3. The Balaban J connectivity index is 1.32. The normalized spacial score (nSPS) is 14.1. The lowest BCUT2D eigenvalue weighted by Gasteiger charge is -2.33. The molecule has 1 aliphatic heterocycles. The molecule has 1 saturated heterocycles. The van der Waals surface area contributed by atoms with Crippen LogP contribution in [-0.4, -0.2) is 62.5 Å². The van der Waals surface area contributed by atoms with E-state index in [0.717, 1.165) is 46.2 Å². The highest BCUT2D eigenvalue weighted by atomic mass is 32.2. The van der Waals surface area contributed by atoms with E-state index in [9.17, 15) is 18.0 Å². The van der Waals surface area contributed by atoms with Gasteiger partial charge in [-0.1, -0.05) is 18.2 Å². The highest BCUT2D eigenvalue weighted by Crippen LogP contribution is 2.24. The fraction of sp³-hybridized carbons (Fsp3) is 0.406. The Morgan fingerprint density at radius 1 is 1.00 bits per heavy atom. The Hall–Kier alpha value is -4.14. The molecule has 0 unspecified atom stereocenters. The first-order chi connectivity index (χ1) is 20.4. The van der Waals surface area contributed by atoms with Crippen LogP contribution < -0.4 is 9.46 Å². The molecular weight excluding hydrogens is 570 g/mol. The summed E-state index contributed by atoms with van der Waals surface area (Å²) in [6.45, 7) is 8.57. The summed E-state index contributed by atoms with van der Waals surface area (Å²) in [7, 11) is -3.80. The molecule has 0 spiro atoms. The fourth-order valence-corrected chi connectivity index (χ4v) is 5.36. The number of carbonyl (C=O) groups excluding carboxylic acids is 2. The second kappa shape index (κ2) is 13.9. The first kappa shape index (κ1) is 31.8. The van der Waals surface area contributed by atoms with Gasteiger partial charge in [0.1, 0.15) is 23.0 Å². The van der Waals surface area contributed by atoms with Crippen molar-refractivity contribution in [2.24, 2.45) is 0 Å². The SMILES string of the molecule is CCOC(=O)CS(=O)(=O)NCc1ccc2ccc(C#[N+]c3ccc(OC4CCN(C(=O)OC(C)(C)C)CC4)cc3)cc2c1. The van der Waals surface area contributed by atoms with Gasteiger partial charge in [0.15, 0.2) is 5.75 Å².